The highest BCUT2D eigenvalue weighted by Gasteiger charge is 2.31. The molecule has 0 spiro atoms. The third-order valence-electron chi connectivity index (χ3n) is 2.51. The summed E-state index contributed by atoms with van der Waals surface area (Å²) in [6.07, 6.45) is 0. The van der Waals surface area contributed by atoms with Gasteiger partial charge in [-0.2, -0.15) is 4.98 Å². The molecule has 0 radical (unpaired) electrons. The van der Waals surface area contributed by atoms with Crippen LogP contribution in [-0.4, -0.2) is 32.2 Å². The number of fused-ring (bicyclic) bond motifs is 1. The van der Waals surface area contributed by atoms with Gasteiger partial charge in [-0.3, -0.25) is 4.79 Å². The molecule has 0 aromatic carbocycles. The van der Waals surface area contributed by atoms with E-state index in [0.717, 1.165) is 0 Å². The van der Waals surface area contributed by atoms with Crippen LogP contribution in [0.25, 0.3) is 0 Å². The molecule has 0 saturated heterocycles. The number of nitrogens with one attached hydrogen (secondary N) is 1. The molecule has 92 valence electrons. The molecule has 0 aliphatic carbocycles. The van der Waals surface area contributed by atoms with E-state index in [4.69, 9.17) is 4.74 Å². The number of hydrogen-bond donors (Lipinski definition) is 1. The van der Waals surface area contributed by atoms with Crippen LogP contribution in [0.3, 0.4) is 0 Å². The van der Waals surface area contributed by atoms with Crippen molar-refractivity contribution >= 4 is 21.4 Å². The minimum atomic E-state index is -3.57. The first-order valence-electron chi connectivity index (χ1n) is 5.02. The molecule has 1 amide bonds. The SMILES string of the molecule is COc1ccc2c(n1)S(=O)(=O)CC(C)C(=O)N2. The summed E-state index contributed by atoms with van der Waals surface area (Å²) in [6, 6.07) is 2.99. The molecule has 1 aromatic rings. The molecule has 1 aromatic heterocycles. The van der Waals surface area contributed by atoms with Gasteiger partial charge in [0.1, 0.15) is 0 Å². The van der Waals surface area contributed by atoms with E-state index in [0.29, 0.717) is 0 Å². The number of amides is 1. The minimum absolute atomic E-state index is 0.130. The van der Waals surface area contributed by atoms with Gasteiger partial charge < -0.3 is 10.1 Å². The van der Waals surface area contributed by atoms with Gasteiger partial charge in [0.2, 0.25) is 11.8 Å². The van der Waals surface area contributed by atoms with E-state index in [-0.39, 0.29) is 28.3 Å². The van der Waals surface area contributed by atoms with Crippen molar-refractivity contribution in [3.8, 4) is 5.88 Å². The number of anilines is 1. The first kappa shape index (κ1) is 11.8. The lowest BCUT2D eigenvalue weighted by atomic mass is 10.2. The standard InChI is InChI=1S/C10H12N2O4S/c1-6-5-17(14,15)10-7(11-9(6)13)3-4-8(12-10)16-2/h3-4,6H,5H2,1-2H3,(H,11,13). The van der Waals surface area contributed by atoms with Crippen LogP contribution in [0.15, 0.2) is 17.2 Å². The lowest BCUT2D eigenvalue weighted by Gasteiger charge is -2.06. The van der Waals surface area contributed by atoms with Crippen molar-refractivity contribution in [3.05, 3.63) is 12.1 Å². The Morgan fingerprint density at radius 3 is 2.82 bits per heavy atom. The molecular weight excluding hydrogens is 244 g/mol. The van der Waals surface area contributed by atoms with E-state index in [9.17, 15) is 13.2 Å². The van der Waals surface area contributed by atoms with Crippen LogP contribution in [0.5, 0.6) is 5.88 Å². The van der Waals surface area contributed by atoms with Crippen LogP contribution in [0.4, 0.5) is 5.69 Å². The third kappa shape index (κ3) is 2.10. The number of hydrogen-bond acceptors (Lipinski definition) is 5. The second-order valence-electron chi connectivity index (χ2n) is 3.88. The number of methoxy groups -OCH3 is 1. The maximum Gasteiger partial charge on any atom is 0.228 e. The van der Waals surface area contributed by atoms with E-state index in [2.05, 4.69) is 10.3 Å². The fraction of sp³-hybridized carbons (Fsp3) is 0.400. The molecule has 1 aliphatic rings. The van der Waals surface area contributed by atoms with Gasteiger partial charge in [0.25, 0.3) is 0 Å². The van der Waals surface area contributed by atoms with E-state index in [1.165, 1.54) is 19.2 Å². The Morgan fingerprint density at radius 1 is 1.47 bits per heavy atom. The van der Waals surface area contributed by atoms with Gasteiger partial charge in [-0.25, -0.2) is 8.42 Å². The highest BCUT2D eigenvalue weighted by Crippen LogP contribution is 2.28. The lowest BCUT2D eigenvalue weighted by Crippen LogP contribution is -2.22. The van der Waals surface area contributed by atoms with Crippen LogP contribution >= 0.6 is 0 Å². The third-order valence-corrected chi connectivity index (χ3v) is 4.35. The van der Waals surface area contributed by atoms with Gasteiger partial charge in [0.15, 0.2) is 14.9 Å². The Morgan fingerprint density at radius 2 is 2.18 bits per heavy atom. The molecule has 17 heavy (non-hydrogen) atoms. The van der Waals surface area contributed by atoms with Crippen molar-refractivity contribution in [2.75, 3.05) is 18.2 Å². The number of pyridine rings is 1. The number of sulfone groups is 1. The van der Waals surface area contributed by atoms with E-state index in [1.54, 1.807) is 6.92 Å². The predicted octanol–water partition coefficient (Wildman–Crippen LogP) is 0.452. The number of rotatable bonds is 1. The van der Waals surface area contributed by atoms with Crippen LogP contribution in [0.2, 0.25) is 0 Å². The van der Waals surface area contributed by atoms with Gasteiger partial charge >= 0.3 is 0 Å². The molecule has 6 nitrogen and oxygen atoms in total. The molecule has 0 bridgehead atoms. The van der Waals surface area contributed by atoms with Gasteiger partial charge in [-0.15, -0.1) is 0 Å². The first-order chi connectivity index (χ1) is 7.94. The average Bonchev–Trinajstić information content (AvgIpc) is 2.35. The van der Waals surface area contributed by atoms with Crippen molar-refractivity contribution in [3.63, 3.8) is 0 Å². The maximum absolute atomic E-state index is 12.0. The highest BCUT2D eigenvalue weighted by atomic mass is 32.2. The zero-order chi connectivity index (χ0) is 12.6. The largest absolute Gasteiger partial charge is 0.481 e. The van der Waals surface area contributed by atoms with Crippen LogP contribution < -0.4 is 10.1 Å². The molecule has 1 unspecified atom stereocenters. The number of nitrogens with zero attached hydrogens (tertiary/aromatic N) is 1. The van der Waals surface area contributed by atoms with Crippen LogP contribution in [0, 0.1) is 5.92 Å². The Labute approximate surface area is 98.9 Å². The van der Waals surface area contributed by atoms with Crippen LogP contribution in [-0.2, 0) is 14.6 Å². The lowest BCUT2D eigenvalue weighted by molar-refractivity contribution is -0.118. The Kier molecular flexibility index (Phi) is 2.78. The fourth-order valence-electron chi connectivity index (χ4n) is 1.61. The monoisotopic (exact) mass is 256 g/mol. The number of carbonyl (C=O) groups excluding carboxylic acids is 1. The predicted molar refractivity (Wildman–Crippen MR) is 60.6 cm³/mol. The van der Waals surface area contributed by atoms with Crippen molar-refractivity contribution in [1.82, 2.24) is 4.98 Å². The summed E-state index contributed by atoms with van der Waals surface area (Å²) in [5, 5.41) is 2.41. The second-order valence-corrected chi connectivity index (χ2v) is 5.83. The summed E-state index contributed by atoms with van der Waals surface area (Å²) >= 11 is 0. The Balaban J connectivity index is 2.62. The van der Waals surface area contributed by atoms with E-state index in [1.807, 2.05) is 0 Å². The van der Waals surface area contributed by atoms with Gasteiger partial charge in [0, 0.05) is 12.0 Å². The normalized spacial score (nSPS) is 22.2. The zero-order valence-electron chi connectivity index (χ0n) is 9.43. The number of carbonyl (C=O) groups is 1. The summed E-state index contributed by atoms with van der Waals surface area (Å²) < 4.78 is 28.9. The van der Waals surface area contributed by atoms with Crippen LogP contribution in [0.1, 0.15) is 6.92 Å². The Hall–Kier alpha value is -1.63. The number of ether oxygens (including phenoxy) is 1. The zero-order valence-corrected chi connectivity index (χ0v) is 10.2. The smallest absolute Gasteiger partial charge is 0.228 e. The molecular formula is C10H12N2O4S. The molecule has 1 atom stereocenters. The molecule has 1 N–H and O–H groups in total. The number of aromatic nitrogens is 1. The van der Waals surface area contributed by atoms with Gasteiger partial charge in [-0.1, -0.05) is 6.92 Å². The van der Waals surface area contributed by atoms with Crippen molar-refractivity contribution in [2.24, 2.45) is 5.92 Å². The van der Waals surface area contributed by atoms with Crippen molar-refractivity contribution in [1.29, 1.82) is 0 Å². The summed E-state index contributed by atoms with van der Waals surface area (Å²) in [4.78, 5) is 15.5. The molecule has 1 aliphatic heterocycles. The summed E-state index contributed by atoms with van der Waals surface area (Å²) in [5.41, 5.74) is 0.208. The van der Waals surface area contributed by atoms with Gasteiger partial charge in [-0.05, 0) is 6.07 Å². The molecule has 7 heteroatoms. The molecule has 2 heterocycles. The van der Waals surface area contributed by atoms with E-state index >= 15 is 0 Å². The summed E-state index contributed by atoms with van der Waals surface area (Å²) in [7, 11) is -2.17. The highest BCUT2D eigenvalue weighted by molar-refractivity contribution is 7.91. The summed E-state index contributed by atoms with van der Waals surface area (Å²) in [6.45, 7) is 1.57. The second kappa shape index (κ2) is 3.99. The molecule has 2 rings (SSSR count). The summed E-state index contributed by atoms with van der Waals surface area (Å²) in [5.74, 6) is -0.956. The minimum Gasteiger partial charge on any atom is -0.481 e. The van der Waals surface area contributed by atoms with Crippen molar-refractivity contribution < 1.29 is 17.9 Å². The molecule has 0 fully saturated rings. The average molecular weight is 256 g/mol. The first-order valence-corrected chi connectivity index (χ1v) is 6.68. The van der Waals surface area contributed by atoms with Gasteiger partial charge in [0.05, 0.1) is 18.6 Å². The maximum atomic E-state index is 12.0. The molecule has 0 saturated carbocycles. The quantitative estimate of drug-likeness (QED) is 0.788. The topological polar surface area (TPSA) is 85.4 Å². The van der Waals surface area contributed by atoms with Crippen molar-refractivity contribution in [2.45, 2.75) is 11.9 Å². The fourth-order valence-corrected chi connectivity index (χ4v) is 3.26. The Bertz CT molecular complexity index is 568. The van der Waals surface area contributed by atoms with E-state index < -0.39 is 15.8 Å².